The maximum absolute atomic E-state index is 7.17. The van der Waals surface area contributed by atoms with Crippen LogP contribution in [0.15, 0.2) is 14.6 Å². The minimum absolute atomic E-state index is 0.0208. The Balaban J connectivity index is 1.92. The van der Waals surface area contributed by atoms with Gasteiger partial charge in [-0.1, -0.05) is 31.9 Å². The lowest BCUT2D eigenvalue weighted by Gasteiger charge is -2.21. The number of thiophene rings is 1. The molecule has 104 valence electrons. The van der Waals surface area contributed by atoms with Crippen LogP contribution in [0.3, 0.4) is 0 Å². The molecule has 1 unspecified atom stereocenters. The van der Waals surface area contributed by atoms with Crippen molar-refractivity contribution in [2.24, 2.45) is 0 Å². The van der Waals surface area contributed by atoms with Gasteiger partial charge in [-0.2, -0.15) is 0 Å². The molecule has 0 amide bonds. The van der Waals surface area contributed by atoms with Gasteiger partial charge in [-0.15, -0.1) is 16.4 Å². The first kappa shape index (κ1) is 14.2. The summed E-state index contributed by atoms with van der Waals surface area (Å²) in [5, 5.41) is 4.49. The molecule has 8 heteroatoms. The van der Waals surface area contributed by atoms with Crippen LogP contribution in [0.2, 0.25) is 0 Å². The van der Waals surface area contributed by atoms with E-state index in [0.29, 0.717) is 11.5 Å². The van der Waals surface area contributed by atoms with Gasteiger partial charge in [0.05, 0.1) is 15.2 Å². The molecule has 0 aliphatic carbocycles. The first-order chi connectivity index (χ1) is 9.70. The van der Waals surface area contributed by atoms with E-state index >= 15 is 0 Å². The molecule has 0 saturated carbocycles. The Kier molecular flexibility index (Phi) is 4.21. The maximum atomic E-state index is 7.17. The summed E-state index contributed by atoms with van der Waals surface area (Å²) in [6.45, 7) is 7.95. The van der Waals surface area contributed by atoms with Gasteiger partial charge in [0.1, 0.15) is 6.33 Å². The lowest BCUT2D eigenvalue weighted by molar-refractivity contribution is -0.0395. The lowest BCUT2D eigenvalue weighted by Crippen LogP contribution is -2.18. The molecule has 5 nitrogen and oxygen atoms in total. The molecule has 3 heterocycles. The zero-order valence-corrected chi connectivity index (χ0v) is 14.3. The van der Waals surface area contributed by atoms with Crippen LogP contribution in [-0.4, -0.2) is 21.4 Å². The molecule has 0 aromatic carbocycles. The molecule has 0 N–H and O–H groups in total. The van der Waals surface area contributed by atoms with E-state index in [-0.39, 0.29) is 6.23 Å². The SMILES string of the molecule is [C-]#[N+]c1c(Br)sc(-c2ncn(C3CCCCO3)n2)c1Br. The van der Waals surface area contributed by atoms with Gasteiger partial charge in [-0.05, 0) is 19.3 Å². The zero-order chi connectivity index (χ0) is 14.1. The molecule has 0 radical (unpaired) electrons. The Morgan fingerprint density at radius 1 is 1.45 bits per heavy atom. The smallest absolute Gasteiger partial charge is 0.226 e. The first-order valence-corrected chi connectivity index (χ1v) is 8.49. The van der Waals surface area contributed by atoms with Crippen molar-refractivity contribution in [3.8, 4) is 10.7 Å². The Morgan fingerprint density at radius 3 is 2.95 bits per heavy atom. The summed E-state index contributed by atoms with van der Waals surface area (Å²) < 4.78 is 8.99. The van der Waals surface area contributed by atoms with Crippen molar-refractivity contribution in [2.45, 2.75) is 25.5 Å². The van der Waals surface area contributed by atoms with E-state index in [2.05, 4.69) is 46.8 Å². The molecule has 1 fully saturated rings. The zero-order valence-electron chi connectivity index (χ0n) is 10.3. The van der Waals surface area contributed by atoms with E-state index in [4.69, 9.17) is 11.3 Å². The highest BCUT2D eigenvalue weighted by molar-refractivity contribution is 9.11. The summed E-state index contributed by atoms with van der Waals surface area (Å²) in [6.07, 6.45) is 4.90. The number of nitrogens with zero attached hydrogens (tertiary/aromatic N) is 4. The van der Waals surface area contributed by atoms with E-state index in [0.717, 1.165) is 39.0 Å². The molecule has 1 aliphatic heterocycles. The van der Waals surface area contributed by atoms with Crippen molar-refractivity contribution < 1.29 is 4.74 Å². The van der Waals surface area contributed by atoms with Gasteiger partial charge in [0, 0.05) is 11.1 Å². The van der Waals surface area contributed by atoms with Crippen LogP contribution in [0.1, 0.15) is 25.5 Å². The molecule has 2 aromatic rings. The van der Waals surface area contributed by atoms with Gasteiger partial charge in [-0.25, -0.2) is 14.5 Å². The van der Waals surface area contributed by atoms with Crippen LogP contribution < -0.4 is 0 Å². The molecule has 3 rings (SSSR count). The van der Waals surface area contributed by atoms with Crippen LogP contribution in [0.5, 0.6) is 0 Å². The molecule has 1 atom stereocenters. The second-order valence-electron chi connectivity index (χ2n) is 4.35. The minimum atomic E-state index is -0.0208. The summed E-state index contributed by atoms with van der Waals surface area (Å²) in [5.74, 6) is 0.617. The number of hydrogen-bond acceptors (Lipinski definition) is 4. The van der Waals surface area contributed by atoms with E-state index in [1.165, 1.54) is 11.3 Å². The molecule has 1 aliphatic rings. The fraction of sp³-hybridized carbons (Fsp3) is 0.417. The summed E-state index contributed by atoms with van der Waals surface area (Å²) >= 11 is 8.30. The third-order valence-electron chi connectivity index (χ3n) is 3.06. The molecule has 0 bridgehead atoms. The van der Waals surface area contributed by atoms with E-state index in [9.17, 15) is 0 Å². The topological polar surface area (TPSA) is 44.3 Å². The summed E-state index contributed by atoms with van der Waals surface area (Å²) in [6, 6.07) is 0. The van der Waals surface area contributed by atoms with Crippen LogP contribution in [0, 0.1) is 6.57 Å². The Bertz CT molecular complexity index is 670. The largest absolute Gasteiger partial charge is 0.356 e. The summed E-state index contributed by atoms with van der Waals surface area (Å²) in [7, 11) is 0. The second-order valence-corrected chi connectivity index (χ2v) is 7.48. The van der Waals surface area contributed by atoms with E-state index in [1.54, 1.807) is 11.0 Å². The highest BCUT2D eigenvalue weighted by atomic mass is 79.9. The number of aromatic nitrogens is 3. The third kappa shape index (κ3) is 2.55. The maximum Gasteiger partial charge on any atom is 0.226 e. The molecule has 1 saturated heterocycles. The standard InChI is InChI=1S/C12H10Br2N4OS/c1-15-9-8(13)10(20-11(9)14)12-16-6-18(17-12)7-4-2-3-5-19-7/h6-7H,2-5H2. The van der Waals surface area contributed by atoms with Crippen LogP contribution in [0.25, 0.3) is 15.5 Å². The minimum Gasteiger partial charge on any atom is -0.356 e. The van der Waals surface area contributed by atoms with Gasteiger partial charge >= 0.3 is 0 Å². The van der Waals surface area contributed by atoms with E-state index in [1.807, 2.05) is 0 Å². The van der Waals surface area contributed by atoms with E-state index < -0.39 is 0 Å². The molecule has 0 spiro atoms. The molecular formula is C12H10Br2N4OS. The van der Waals surface area contributed by atoms with Crippen LogP contribution >= 0.6 is 43.2 Å². The van der Waals surface area contributed by atoms with Crippen molar-refractivity contribution >= 4 is 48.9 Å². The summed E-state index contributed by atoms with van der Waals surface area (Å²) in [4.78, 5) is 8.69. The molecular weight excluding hydrogens is 408 g/mol. The molecule has 20 heavy (non-hydrogen) atoms. The van der Waals surface area contributed by atoms with Crippen molar-refractivity contribution in [1.29, 1.82) is 0 Å². The monoisotopic (exact) mass is 416 g/mol. The Hall–Kier alpha value is -0.750. The lowest BCUT2D eigenvalue weighted by atomic mass is 10.2. The number of hydrogen-bond donors (Lipinski definition) is 0. The van der Waals surface area contributed by atoms with Crippen molar-refractivity contribution in [1.82, 2.24) is 14.8 Å². The predicted octanol–water partition coefficient (Wildman–Crippen LogP) is 4.78. The fourth-order valence-electron chi connectivity index (χ4n) is 2.06. The average molecular weight is 418 g/mol. The normalized spacial score (nSPS) is 18.9. The predicted molar refractivity (Wildman–Crippen MR) is 83.8 cm³/mol. The molecule has 2 aromatic heterocycles. The van der Waals surface area contributed by atoms with Crippen molar-refractivity contribution in [2.75, 3.05) is 6.61 Å². The second kappa shape index (κ2) is 5.93. The highest BCUT2D eigenvalue weighted by Crippen LogP contribution is 2.47. The van der Waals surface area contributed by atoms with Crippen LogP contribution in [0.4, 0.5) is 5.69 Å². The Morgan fingerprint density at radius 2 is 2.30 bits per heavy atom. The third-order valence-corrected chi connectivity index (χ3v) is 5.92. The quantitative estimate of drug-likeness (QED) is 0.660. The fourth-order valence-corrected chi connectivity index (χ4v) is 4.73. The first-order valence-electron chi connectivity index (χ1n) is 6.09. The van der Waals surface area contributed by atoms with Crippen molar-refractivity contribution in [3.63, 3.8) is 0 Å². The number of rotatable bonds is 2. The highest BCUT2D eigenvalue weighted by Gasteiger charge is 2.21. The summed E-state index contributed by atoms with van der Waals surface area (Å²) in [5.41, 5.74) is 0.565. The number of halogens is 2. The van der Waals surface area contributed by atoms with Gasteiger partial charge < -0.3 is 4.74 Å². The van der Waals surface area contributed by atoms with Gasteiger partial charge in [-0.3, -0.25) is 0 Å². The van der Waals surface area contributed by atoms with Crippen molar-refractivity contribution in [3.05, 3.63) is 26.0 Å². The van der Waals surface area contributed by atoms with Gasteiger partial charge in [0.15, 0.2) is 12.1 Å². The van der Waals surface area contributed by atoms with Gasteiger partial charge in [0.2, 0.25) is 5.69 Å². The average Bonchev–Trinajstić information content (AvgIpc) is 3.05. The van der Waals surface area contributed by atoms with Gasteiger partial charge in [0.25, 0.3) is 0 Å². The van der Waals surface area contributed by atoms with Crippen LogP contribution in [-0.2, 0) is 4.74 Å². The Labute approximate surface area is 137 Å². The number of ether oxygens (including phenoxy) is 1.